The Bertz CT molecular complexity index is 349. The highest BCUT2D eigenvalue weighted by Gasteiger charge is 2.02. The quantitative estimate of drug-likeness (QED) is 0.404. The predicted molar refractivity (Wildman–Crippen MR) is 69.3 cm³/mol. The first kappa shape index (κ1) is 17.2. The molecular formula is C13H21NO5. The zero-order valence-corrected chi connectivity index (χ0v) is 11.7. The molecule has 0 saturated heterocycles. The van der Waals surface area contributed by atoms with Crippen LogP contribution in [0.2, 0.25) is 0 Å². The van der Waals surface area contributed by atoms with E-state index in [9.17, 15) is 14.4 Å². The van der Waals surface area contributed by atoms with E-state index in [-0.39, 0.29) is 30.9 Å². The number of methoxy groups -OCH3 is 1. The highest BCUT2D eigenvalue weighted by molar-refractivity contribution is 5.88. The van der Waals surface area contributed by atoms with Crippen molar-refractivity contribution in [1.29, 1.82) is 0 Å². The summed E-state index contributed by atoms with van der Waals surface area (Å²) in [6.45, 7) is 3.82. The Balaban J connectivity index is 3.76. The zero-order chi connectivity index (χ0) is 14.7. The molecule has 1 N–H and O–H groups in total. The SMILES string of the molecule is COC(=O)CCCNC(=O)C=C(C)CCOC(C)=O. The van der Waals surface area contributed by atoms with E-state index < -0.39 is 0 Å². The van der Waals surface area contributed by atoms with Crippen molar-refractivity contribution in [2.24, 2.45) is 0 Å². The first-order chi connectivity index (χ1) is 8.95. The standard InChI is InChI=1S/C13H21NO5/c1-10(6-8-19-11(2)15)9-12(16)14-7-4-5-13(17)18-3/h9H,4-8H2,1-3H3,(H,14,16). The van der Waals surface area contributed by atoms with Gasteiger partial charge < -0.3 is 14.8 Å². The topological polar surface area (TPSA) is 81.7 Å². The molecule has 0 unspecified atom stereocenters. The van der Waals surface area contributed by atoms with E-state index in [1.165, 1.54) is 20.1 Å². The average molecular weight is 271 g/mol. The van der Waals surface area contributed by atoms with Crippen LogP contribution in [0.15, 0.2) is 11.6 Å². The smallest absolute Gasteiger partial charge is 0.305 e. The number of hydrogen-bond acceptors (Lipinski definition) is 5. The van der Waals surface area contributed by atoms with Crippen LogP contribution in [-0.2, 0) is 23.9 Å². The maximum absolute atomic E-state index is 11.5. The number of carbonyl (C=O) groups excluding carboxylic acids is 3. The van der Waals surface area contributed by atoms with Crippen LogP contribution >= 0.6 is 0 Å². The molecule has 0 spiro atoms. The summed E-state index contributed by atoms with van der Waals surface area (Å²) < 4.78 is 9.25. The minimum atomic E-state index is -0.333. The van der Waals surface area contributed by atoms with Crippen molar-refractivity contribution in [3.05, 3.63) is 11.6 Å². The van der Waals surface area contributed by atoms with Crippen molar-refractivity contribution < 1.29 is 23.9 Å². The van der Waals surface area contributed by atoms with Gasteiger partial charge in [-0.1, -0.05) is 5.57 Å². The van der Waals surface area contributed by atoms with Gasteiger partial charge in [-0.25, -0.2) is 0 Å². The van der Waals surface area contributed by atoms with Gasteiger partial charge in [0, 0.05) is 32.4 Å². The molecule has 0 radical (unpaired) electrons. The molecule has 0 saturated carbocycles. The van der Waals surface area contributed by atoms with Gasteiger partial charge in [0.1, 0.15) is 0 Å². The van der Waals surface area contributed by atoms with E-state index in [2.05, 4.69) is 10.1 Å². The molecule has 0 aromatic heterocycles. The summed E-state index contributed by atoms with van der Waals surface area (Å²) in [6.07, 6.45) is 2.81. The Morgan fingerprint density at radius 2 is 1.84 bits per heavy atom. The van der Waals surface area contributed by atoms with Crippen molar-refractivity contribution in [3.63, 3.8) is 0 Å². The molecule has 108 valence electrons. The van der Waals surface area contributed by atoms with Crippen molar-refractivity contribution in [2.45, 2.75) is 33.1 Å². The fraction of sp³-hybridized carbons (Fsp3) is 0.615. The van der Waals surface area contributed by atoms with Gasteiger partial charge in [-0.2, -0.15) is 0 Å². The fourth-order valence-electron chi connectivity index (χ4n) is 1.25. The van der Waals surface area contributed by atoms with Crippen LogP contribution in [0.4, 0.5) is 0 Å². The van der Waals surface area contributed by atoms with E-state index in [1.807, 2.05) is 0 Å². The number of carbonyl (C=O) groups is 3. The predicted octanol–water partition coefficient (Wildman–Crippen LogP) is 0.955. The van der Waals surface area contributed by atoms with Gasteiger partial charge in [0.05, 0.1) is 13.7 Å². The Morgan fingerprint density at radius 3 is 2.42 bits per heavy atom. The number of hydrogen-bond donors (Lipinski definition) is 1. The summed E-state index contributed by atoms with van der Waals surface area (Å²) in [5, 5.41) is 2.66. The summed E-state index contributed by atoms with van der Waals surface area (Å²) in [6, 6.07) is 0. The monoisotopic (exact) mass is 271 g/mol. The van der Waals surface area contributed by atoms with Gasteiger partial charge in [0.2, 0.25) is 5.91 Å². The fourth-order valence-corrected chi connectivity index (χ4v) is 1.25. The number of amides is 1. The molecule has 0 aromatic rings. The summed E-state index contributed by atoms with van der Waals surface area (Å²) in [4.78, 5) is 32.8. The van der Waals surface area contributed by atoms with Crippen molar-refractivity contribution in [2.75, 3.05) is 20.3 Å². The molecule has 0 bridgehead atoms. The first-order valence-electron chi connectivity index (χ1n) is 6.11. The maximum atomic E-state index is 11.5. The molecule has 0 atom stereocenters. The molecule has 0 rings (SSSR count). The largest absolute Gasteiger partial charge is 0.469 e. The first-order valence-corrected chi connectivity index (χ1v) is 6.11. The van der Waals surface area contributed by atoms with Gasteiger partial charge in [0.15, 0.2) is 0 Å². The van der Waals surface area contributed by atoms with Crippen LogP contribution in [0.25, 0.3) is 0 Å². The van der Waals surface area contributed by atoms with E-state index in [1.54, 1.807) is 6.92 Å². The molecule has 19 heavy (non-hydrogen) atoms. The molecule has 0 aromatic carbocycles. The van der Waals surface area contributed by atoms with E-state index in [4.69, 9.17) is 4.74 Å². The summed E-state index contributed by atoms with van der Waals surface area (Å²) in [5.74, 6) is -0.840. The van der Waals surface area contributed by atoms with Gasteiger partial charge in [-0.15, -0.1) is 0 Å². The lowest BCUT2D eigenvalue weighted by atomic mass is 10.2. The van der Waals surface area contributed by atoms with Crippen LogP contribution in [0.1, 0.15) is 33.1 Å². The van der Waals surface area contributed by atoms with Crippen LogP contribution in [0.3, 0.4) is 0 Å². The second-order valence-corrected chi connectivity index (χ2v) is 4.05. The Labute approximate surface area is 113 Å². The van der Waals surface area contributed by atoms with E-state index >= 15 is 0 Å². The third kappa shape index (κ3) is 11.0. The van der Waals surface area contributed by atoms with Gasteiger partial charge >= 0.3 is 11.9 Å². The summed E-state index contributed by atoms with van der Waals surface area (Å²) in [7, 11) is 1.33. The number of nitrogens with one attached hydrogen (secondary N) is 1. The molecular weight excluding hydrogens is 250 g/mol. The molecule has 0 aliphatic rings. The van der Waals surface area contributed by atoms with Crippen molar-refractivity contribution in [1.82, 2.24) is 5.32 Å². The van der Waals surface area contributed by atoms with E-state index in [0.29, 0.717) is 19.4 Å². The van der Waals surface area contributed by atoms with Gasteiger partial charge in [-0.05, 0) is 13.3 Å². The normalized spacial score (nSPS) is 10.8. The molecule has 0 fully saturated rings. The lowest BCUT2D eigenvalue weighted by molar-refractivity contribution is -0.141. The maximum Gasteiger partial charge on any atom is 0.305 e. The van der Waals surface area contributed by atoms with Crippen LogP contribution < -0.4 is 5.32 Å². The minimum absolute atomic E-state index is 0.217. The lowest BCUT2D eigenvalue weighted by Crippen LogP contribution is -2.23. The zero-order valence-electron chi connectivity index (χ0n) is 11.7. The Hall–Kier alpha value is -1.85. The second-order valence-electron chi connectivity index (χ2n) is 4.05. The number of esters is 2. The van der Waals surface area contributed by atoms with Crippen molar-refractivity contribution >= 4 is 17.8 Å². The number of ether oxygens (including phenoxy) is 2. The van der Waals surface area contributed by atoms with Crippen LogP contribution in [0, 0.1) is 0 Å². The molecule has 0 aliphatic carbocycles. The van der Waals surface area contributed by atoms with Crippen LogP contribution in [-0.4, -0.2) is 38.1 Å². The lowest BCUT2D eigenvalue weighted by Gasteiger charge is -2.04. The Kier molecular flexibility index (Phi) is 9.12. The van der Waals surface area contributed by atoms with Gasteiger partial charge in [-0.3, -0.25) is 14.4 Å². The summed E-state index contributed by atoms with van der Waals surface area (Å²) in [5.41, 5.74) is 0.826. The molecule has 6 heteroatoms. The molecule has 0 aliphatic heterocycles. The molecule has 0 heterocycles. The Morgan fingerprint density at radius 1 is 1.16 bits per heavy atom. The minimum Gasteiger partial charge on any atom is -0.469 e. The highest BCUT2D eigenvalue weighted by atomic mass is 16.5. The molecule has 6 nitrogen and oxygen atoms in total. The average Bonchev–Trinajstić information content (AvgIpc) is 2.33. The third-order valence-electron chi connectivity index (χ3n) is 2.26. The van der Waals surface area contributed by atoms with E-state index in [0.717, 1.165) is 5.57 Å². The third-order valence-corrected chi connectivity index (χ3v) is 2.26. The number of rotatable bonds is 8. The highest BCUT2D eigenvalue weighted by Crippen LogP contribution is 2.00. The molecule has 1 amide bonds. The van der Waals surface area contributed by atoms with Gasteiger partial charge in [0.25, 0.3) is 0 Å². The van der Waals surface area contributed by atoms with Crippen molar-refractivity contribution in [3.8, 4) is 0 Å². The summed E-state index contributed by atoms with van der Waals surface area (Å²) >= 11 is 0. The van der Waals surface area contributed by atoms with Crippen LogP contribution in [0.5, 0.6) is 0 Å². The second kappa shape index (κ2) is 10.1.